The summed E-state index contributed by atoms with van der Waals surface area (Å²) in [5, 5.41) is 0. The van der Waals surface area contributed by atoms with Crippen LogP contribution in [0, 0.1) is 13.8 Å². The van der Waals surface area contributed by atoms with Crippen molar-refractivity contribution in [3.8, 4) is 5.75 Å². The van der Waals surface area contributed by atoms with E-state index in [1.807, 2.05) is 12.1 Å². The van der Waals surface area contributed by atoms with Crippen LogP contribution in [-0.2, 0) is 0 Å². The molecule has 0 saturated carbocycles. The first kappa shape index (κ1) is 13.0. The molecule has 0 bridgehead atoms. The molecule has 0 saturated heterocycles. The maximum Gasteiger partial charge on any atom is 0.122 e. The van der Waals surface area contributed by atoms with Gasteiger partial charge in [0.2, 0.25) is 0 Å². The molecule has 4 N–H and O–H groups in total. The van der Waals surface area contributed by atoms with Crippen LogP contribution in [-0.4, -0.2) is 19.2 Å². The van der Waals surface area contributed by atoms with E-state index in [9.17, 15) is 0 Å². The van der Waals surface area contributed by atoms with E-state index in [4.69, 9.17) is 16.2 Å². The van der Waals surface area contributed by atoms with Crippen LogP contribution in [0.15, 0.2) is 18.2 Å². The fourth-order valence-corrected chi connectivity index (χ4v) is 1.53. The Morgan fingerprint density at radius 3 is 2.75 bits per heavy atom. The summed E-state index contributed by atoms with van der Waals surface area (Å²) in [7, 11) is 0. The van der Waals surface area contributed by atoms with E-state index in [0.29, 0.717) is 13.2 Å². The summed E-state index contributed by atoms with van der Waals surface area (Å²) in [6, 6.07) is 6.21. The van der Waals surface area contributed by atoms with Crippen molar-refractivity contribution < 1.29 is 4.74 Å². The number of hydrogen-bond donors (Lipinski definition) is 2. The average Bonchev–Trinajstić information content (AvgIpc) is 2.29. The average molecular weight is 222 g/mol. The number of benzene rings is 1. The van der Waals surface area contributed by atoms with Crippen LogP contribution < -0.4 is 16.2 Å². The Balaban J connectivity index is 2.35. The highest BCUT2D eigenvalue weighted by molar-refractivity contribution is 5.38. The molecule has 3 nitrogen and oxygen atoms in total. The molecule has 0 heterocycles. The smallest absolute Gasteiger partial charge is 0.122 e. The van der Waals surface area contributed by atoms with Crippen LogP contribution in [0.4, 0.5) is 0 Å². The predicted octanol–water partition coefficient (Wildman–Crippen LogP) is 1.75. The van der Waals surface area contributed by atoms with Gasteiger partial charge in [-0.25, -0.2) is 0 Å². The summed E-state index contributed by atoms with van der Waals surface area (Å²) >= 11 is 0. The second kappa shape index (κ2) is 6.51. The number of ether oxygens (including phenoxy) is 1. The van der Waals surface area contributed by atoms with Gasteiger partial charge in [-0.3, -0.25) is 0 Å². The zero-order chi connectivity index (χ0) is 12.0. The first-order chi connectivity index (χ1) is 7.65. The molecular formula is C13H22N2O. The SMILES string of the molecule is Cc1cccc(OCCCC(N)CN)c1C. The van der Waals surface area contributed by atoms with Gasteiger partial charge in [-0.15, -0.1) is 0 Å². The van der Waals surface area contributed by atoms with Crippen molar-refractivity contribution in [1.82, 2.24) is 0 Å². The maximum atomic E-state index is 5.73. The van der Waals surface area contributed by atoms with Gasteiger partial charge in [-0.05, 0) is 43.9 Å². The Morgan fingerprint density at radius 2 is 2.06 bits per heavy atom. The van der Waals surface area contributed by atoms with Gasteiger partial charge in [0.05, 0.1) is 6.61 Å². The van der Waals surface area contributed by atoms with E-state index < -0.39 is 0 Å². The lowest BCUT2D eigenvalue weighted by molar-refractivity contribution is 0.300. The number of hydrogen-bond acceptors (Lipinski definition) is 3. The van der Waals surface area contributed by atoms with Gasteiger partial charge in [-0.2, -0.15) is 0 Å². The number of aryl methyl sites for hydroxylation is 1. The Morgan fingerprint density at radius 1 is 1.31 bits per heavy atom. The zero-order valence-corrected chi connectivity index (χ0v) is 10.2. The van der Waals surface area contributed by atoms with Crippen molar-refractivity contribution in [2.45, 2.75) is 32.7 Å². The van der Waals surface area contributed by atoms with Gasteiger partial charge >= 0.3 is 0 Å². The first-order valence-electron chi connectivity index (χ1n) is 5.79. The minimum Gasteiger partial charge on any atom is -0.493 e. The highest BCUT2D eigenvalue weighted by Gasteiger charge is 2.02. The molecule has 0 aliphatic carbocycles. The van der Waals surface area contributed by atoms with Crippen molar-refractivity contribution in [3.05, 3.63) is 29.3 Å². The molecule has 1 aromatic carbocycles. The van der Waals surface area contributed by atoms with Gasteiger partial charge in [0.15, 0.2) is 0 Å². The van der Waals surface area contributed by atoms with E-state index in [2.05, 4.69) is 19.9 Å². The summed E-state index contributed by atoms with van der Waals surface area (Å²) in [6.45, 7) is 5.42. The van der Waals surface area contributed by atoms with E-state index in [-0.39, 0.29) is 6.04 Å². The zero-order valence-electron chi connectivity index (χ0n) is 10.2. The molecule has 16 heavy (non-hydrogen) atoms. The van der Waals surface area contributed by atoms with Crippen LogP contribution in [0.25, 0.3) is 0 Å². The standard InChI is InChI=1S/C13H22N2O/c1-10-5-3-7-13(11(10)2)16-8-4-6-12(15)9-14/h3,5,7,12H,4,6,8-9,14-15H2,1-2H3. The Hall–Kier alpha value is -1.06. The molecule has 0 radical (unpaired) electrons. The summed E-state index contributed by atoms with van der Waals surface area (Å²) < 4.78 is 5.72. The van der Waals surface area contributed by atoms with Gasteiger partial charge < -0.3 is 16.2 Å². The number of nitrogens with two attached hydrogens (primary N) is 2. The molecule has 1 atom stereocenters. The molecular weight excluding hydrogens is 200 g/mol. The molecule has 0 fully saturated rings. The van der Waals surface area contributed by atoms with Crippen molar-refractivity contribution in [2.75, 3.05) is 13.2 Å². The minimum absolute atomic E-state index is 0.0993. The van der Waals surface area contributed by atoms with Crippen molar-refractivity contribution in [3.63, 3.8) is 0 Å². The van der Waals surface area contributed by atoms with E-state index in [1.165, 1.54) is 11.1 Å². The lowest BCUT2D eigenvalue weighted by Crippen LogP contribution is -2.29. The molecule has 1 rings (SSSR count). The lowest BCUT2D eigenvalue weighted by Gasteiger charge is -2.12. The molecule has 0 aromatic heterocycles. The number of rotatable bonds is 6. The quantitative estimate of drug-likeness (QED) is 0.721. The van der Waals surface area contributed by atoms with Crippen LogP contribution in [0.2, 0.25) is 0 Å². The molecule has 1 aromatic rings. The molecule has 3 heteroatoms. The van der Waals surface area contributed by atoms with Crippen LogP contribution >= 0.6 is 0 Å². The third kappa shape index (κ3) is 3.83. The summed E-state index contributed by atoms with van der Waals surface area (Å²) in [4.78, 5) is 0. The summed E-state index contributed by atoms with van der Waals surface area (Å²) in [5.74, 6) is 0.973. The second-order valence-corrected chi connectivity index (χ2v) is 4.18. The Bertz CT molecular complexity index is 326. The monoisotopic (exact) mass is 222 g/mol. The highest BCUT2D eigenvalue weighted by Crippen LogP contribution is 2.20. The van der Waals surface area contributed by atoms with Gasteiger partial charge in [0, 0.05) is 12.6 Å². The maximum absolute atomic E-state index is 5.73. The molecule has 90 valence electrons. The van der Waals surface area contributed by atoms with Gasteiger partial charge in [0.25, 0.3) is 0 Å². The molecule has 0 spiro atoms. The predicted molar refractivity (Wildman–Crippen MR) is 67.7 cm³/mol. The van der Waals surface area contributed by atoms with Crippen molar-refractivity contribution >= 4 is 0 Å². The largest absolute Gasteiger partial charge is 0.493 e. The molecule has 1 unspecified atom stereocenters. The fraction of sp³-hybridized carbons (Fsp3) is 0.538. The molecule has 0 amide bonds. The van der Waals surface area contributed by atoms with Crippen LogP contribution in [0.5, 0.6) is 5.75 Å². The minimum atomic E-state index is 0.0993. The van der Waals surface area contributed by atoms with Gasteiger partial charge in [0.1, 0.15) is 5.75 Å². The Kier molecular flexibility index (Phi) is 5.29. The Labute approximate surface area is 97.8 Å². The van der Waals surface area contributed by atoms with Gasteiger partial charge in [-0.1, -0.05) is 12.1 Å². The first-order valence-corrected chi connectivity index (χ1v) is 5.79. The van der Waals surface area contributed by atoms with Crippen molar-refractivity contribution in [2.24, 2.45) is 11.5 Å². The highest BCUT2D eigenvalue weighted by atomic mass is 16.5. The normalized spacial score (nSPS) is 12.5. The fourth-order valence-electron chi connectivity index (χ4n) is 1.53. The topological polar surface area (TPSA) is 61.3 Å². The van der Waals surface area contributed by atoms with Crippen molar-refractivity contribution in [1.29, 1.82) is 0 Å². The van der Waals surface area contributed by atoms with E-state index in [0.717, 1.165) is 18.6 Å². The summed E-state index contributed by atoms with van der Waals surface area (Å²) in [6.07, 6.45) is 1.87. The van der Waals surface area contributed by atoms with E-state index in [1.54, 1.807) is 0 Å². The van der Waals surface area contributed by atoms with Crippen LogP contribution in [0.1, 0.15) is 24.0 Å². The van der Waals surface area contributed by atoms with Crippen LogP contribution in [0.3, 0.4) is 0 Å². The molecule has 0 aliphatic heterocycles. The third-order valence-electron chi connectivity index (χ3n) is 2.83. The summed E-state index contributed by atoms with van der Waals surface area (Å²) in [5.41, 5.74) is 13.6. The molecule has 0 aliphatic rings. The lowest BCUT2D eigenvalue weighted by atomic mass is 10.1. The second-order valence-electron chi connectivity index (χ2n) is 4.18. The third-order valence-corrected chi connectivity index (χ3v) is 2.83. The van der Waals surface area contributed by atoms with E-state index >= 15 is 0 Å².